The van der Waals surface area contributed by atoms with Crippen LogP contribution in [0.25, 0.3) is 0 Å². The van der Waals surface area contributed by atoms with Crippen molar-refractivity contribution in [2.24, 2.45) is 0 Å². The van der Waals surface area contributed by atoms with Crippen LogP contribution in [0.5, 0.6) is 11.5 Å². The van der Waals surface area contributed by atoms with Crippen molar-refractivity contribution in [2.75, 3.05) is 74.2 Å². The predicted molar refractivity (Wildman–Crippen MR) is 225 cm³/mol. The summed E-state index contributed by atoms with van der Waals surface area (Å²) in [5, 5.41) is 3.95. The number of rotatable bonds is 9. The number of anilines is 2. The molecule has 4 heterocycles. The van der Waals surface area contributed by atoms with Crippen molar-refractivity contribution in [3.8, 4) is 11.5 Å². The molecular formula is C44H52BrClF6N4O2. The summed E-state index contributed by atoms with van der Waals surface area (Å²) in [6.45, 7) is 7.74. The topological polar surface area (TPSA) is 40.2 Å². The van der Waals surface area contributed by atoms with E-state index in [1.165, 1.54) is 87.0 Å². The molecule has 6 nitrogen and oxygen atoms in total. The van der Waals surface area contributed by atoms with Gasteiger partial charge in [-0.05, 0) is 100 Å². The lowest BCUT2D eigenvalue weighted by Gasteiger charge is -2.58. The molecule has 4 fully saturated rings. The van der Waals surface area contributed by atoms with Gasteiger partial charge in [0.05, 0.1) is 17.7 Å². The summed E-state index contributed by atoms with van der Waals surface area (Å²) in [6.07, 6.45) is -1.37. The van der Waals surface area contributed by atoms with Crippen LogP contribution in [-0.4, -0.2) is 80.3 Å². The first kappa shape index (κ1) is 45.4. The van der Waals surface area contributed by atoms with E-state index < -0.39 is 23.5 Å². The number of hydrogen-bond acceptors (Lipinski definition) is 6. The van der Waals surface area contributed by atoms with Gasteiger partial charge in [0.2, 0.25) is 0 Å². The van der Waals surface area contributed by atoms with Crippen LogP contribution in [0.3, 0.4) is 0 Å². The molecule has 316 valence electrons. The van der Waals surface area contributed by atoms with E-state index in [0.29, 0.717) is 17.4 Å². The average Bonchev–Trinajstić information content (AvgIpc) is 3.21. The second kappa shape index (κ2) is 20.5. The van der Waals surface area contributed by atoms with Crippen LogP contribution < -0.4 is 24.6 Å². The fraction of sp³-hybridized carbons (Fsp3) is 0.455. The fourth-order valence-electron chi connectivity index (χ4n) is 8.31. The Labute approximate surface area is 352 Å². The van der Waals surface area contributed by atoms with Crippen molar-refractivity contribution in [3.05, 3.63) is 120 Å². The third-order valence-electron chi connectivity index (χ3n) is 11.6. The number of nitrogens with one attached hydrogen (secondary N) is 1. The molecule has 1 N–H and O–H groups in total. The van der Waals surface area contributed by atoms with Gasteiger partial charge in [0.1, 0.15) is 18.1 Å². The molecule has 0 bridgehead atoms. The standard InChI is InChI=1S/C22H25F3N2O.C13H18N2.C9H8BrF3O.ClH/c23-22(24,25)19-8-4-5-9-20(19)28-17-16-26-13-10-21(11-14-26)12-15-27(21)18-6-2-1-3-7-18;1-2-4-12(5-3-1)15-11-8-13(15)6-9-14-10-7-13;10-5-6-14-8-4-2-1-3-7(8)9(11,12)13;/h1-9H,10-17H2;1-5,14H,6-11H2;1-4H,5-6H2;1H. The van der Waals surface area contributed by atoms with Crippen molar-refractivity contribution in [3.63, 3.8) is 0 Å². The summed E-state index contributed by atoms with van der Waals surface area (Å²) in [5.74, 6) is -0.211. The molecular weight excluding hydrogens is 846 g/mol. The third-order valence-corrected chi connectivity index (χ3v) is 11.9. The van der Waals surface area contributed by atoms with Gasteiger partial charge in [0.15, 0.2) is 0 Å². The van der Waals surface area contributed by atoms with Crippen LogP contribution in [0.4, 0.5) is 37.7 Å². The molecule has 0 amide bonds. The summed E-state index contributed by atoms with van der Waals surface area (Å²) in [4.78, 5) is 7.41. The minimum absolute atomic E-state index is 0. The van der Waals surface area contributed by atoms with E-state index in [2.05, 4.69) is 90.5 Å². The molecule has 58 heavy (non-hydrogen) atoms. The lowest BCUT2D eigenvalue weighted by atomic mass is 9.76. The Morgan fingerprint density at radius 1 is 0.534 bits per heavy atom. The Bertz CT molecular complexity index is 1820. The van der Waals surface area contributed by atoms with Crippen molar-refractivity contribution in [1.82, 2.24) is 10.2 Å². The molecule has 4 saturated heterocycles. The number of piperidine rings is 2. The third kappa shape index (κ3) is 11.3. The maximum absolute atomic E-state index is 13.0. The summed E-state index contributed by atoms with van der Waals surface area (Å²) in [5.41, 5.74) is 2.00. The number of benzene rings is 4. The zero-order valence-electron chi connectivity index (χ0n) is 32.4. The maximum Gasteiger partial charge on any atom is 0.419 e. The SMILES string of the molecule is Cl.FC(F)(F)c1ccccc1OCCBr.FC(F)(F)c1ccccc1OCCN1CCC2(CC1)CCN2c1ccccc1.c1ccc(N2CCC23CCNCC3)cc1. The number of alkyl halides is 7. The summed E-state index contributed by atoms with van der Waals surface area (Å²) in [6, 6.07) is 32.0. The monoisotopic (exact) mass is 896 g/mol. The van der Waals surface area contributed by atoms with E-state index in [4.69, 9.17) is 9.47 Å². The highest BCUT2D eigenvalue weighted by Crippen LogP contribution is 2.44. The first-order chi connectivity index (χ1) is 27.4. The predicted octanol–water partition coefficient (Wildman–Crippen LogP) is 10.7. The van der Waals surface area contributed by atoms with Gasteiger partial charge in [-0.1, -0.05) is 76.6 Å². The Kier molecular flexibility index (Phi) is 16.1. The van der Waals surface area contributed by atoms with Crippen LogP contribution >= 0.6 is 28.3 Å². The van der Waals surface area contributed by atoms with Crippen molar-refractivity contribution >= 4 is 39.7 Å². The second-order valence-electron chi connectivity index (χ2n) is 14.9. The normalized spacial score (nSPS) is 18.3. The Morgan fingerprint density at radius 2 is 0.931 bits per heavy atom. The highest BCUT2D eigenvalue weighted by molar-refractivity contribution is 9.09. The quantitative estimate of drug-likeness (QED) is 0.133. The van der Waals surface area contributed by atoms with E-state index in [0.717, 1.165) is 44.6 Å². The van der Waals surface area contributed by atoms with Gasteiger partial charge < -0.3 is 24.6 Å². The first-order valence-electron chi connectivity index (χ1n) is 19.7. The molecule has 4 aliphatic rings. The van der Waals surface area contributed by atoms with Gasteiger partial charge in [0, 0.05) is 60.5 Å². The van der Waals surface area contributed by atoms with Gasteiger partial charge in [-0.25, -0.2) is 0 Å². The second-order valence-corrected chi connectivity index (χ2v) is 15.7. The molecule has 4 aliphatic heterocycles. The fourth-order valence-corrected chi connectivity index (χ4v) is 8.47. The molecule has 4 aromatic carbocycles. The smallest absolute Gasteiger partial charge is 0.419 e. The number of para-hydroxylation sites is 4. The summed E-state index contributed by atoms with van der Waals surface area (Å²) >= 11 is 3.08. The molecule has 0 unspecified atom stereocenters. The van der Waals surface area contributed by atoms with E-state index in [9.17, 15) is 26.3 Å². The molecule has 0 saturated carbocycles. The van der Waals surface area contributed by atoms with Crippen molar-refractivity contribution in [2.45, 2.75) is 62.0 Å². The number of hydrogen-bond donors (Lipinski definition) is 1. The van der Waals surface area contributed by atoms with E-state index in [1.807, 2.05) is 6.07 Å². The van der Waals surface area contributed by atoms with Crippen LogP contribution in [0.15, 0.2) is 109 Å². The molecule has 8 rings (SSSR count). The van der Waals surface area contributed by atoms with Gasteiger partial charge in [0.25, 0.3) is 0 Å². The van der Waals surface area contributed by atoms with Crippen molar-refractivity contribution < 1.29 is 35.8 Å². The highest BCUT2D eigenvalue weighted by atomic mass is 79.9. The lowest BCUT2D eigenvalue weighted by Crippen LogP contribution is -2.64. The minimum atomic E-state index is -4.39. The van der Waals surface area contributed by atoms with E-state index in [-0.39, 0.29) is 42.7 Å². The molecule has 0 radical (unpaired) electrons. The Balaban J connectivity index is 0.000000181. The van der Waals surface area contributed by atoms with Crippen LogP contribution in [0.2, 0.25) is 0 Å². The zero-order chi connectivity index (χ0) is 40.4. The molecule has 14 heteroatoms. The molecule has 2 spiro atoms. The van der Waals surface area contributed by atoms with Gasteiger partial charge in [-0.15, -0.1) is 12.4 Å². The maximum atomic E-state index is 13.0. The first-order valence-corrected chi connectivity index (χ1v) is 20.8. The number of halogens is 8. The average molecular weight is 898 g/mol. The van der Waals surface area contributed by atoms with E-state index >= 15 is 0 Å². The van der Waals surface area contributed by atoms with Gasteiger partial charge in [-0.2, -0.15) is 26.3 Å². The van der Waals surface area contributed by atoms with Crippen LogP contribution in [0, 0.1) is 0 Å². The zero-order valence-corrected chi connectivity index (χ0v) is 34.8. The number of ether oxygens (including phenoxy) is 2. The van der Waals surface area contributed by atoms with E-state index in [1.54, 1.807) is 6.07 Å². The van der Waals surface area contributed by atoms with Crippen molar-refractivity contribution in [1.29, 1.82) is 0 Å². The van der Waals surface area contributed by atoms with Crippen LogP contribution in [0.1, 0.15) is 49.7 Å². The Hall–Kier alpha value is -3.65. The van der Waals surface area contributed by atoms with Gasteiger partial charge >= 0.3 is 12.4 Å². The Morgan fingerprint density at radius 3 is 1.34 bits per heavy atom. The largest absolute Gasteiger partial charge is 0.492 e. The molecule has 0 aliphatic carbocycles. The highest BCUT2D eigenvalue weighted by Gasteiger charge is 2.47. The molecule has 0 atom stereocenters. The lowest BCUT2D eigenvalue weighted by molar-refractivity contribution is -0.139. The minimum Gasteiger partial charge on any atom is -0.492 e. The van der Waals surface area contributed by atoms with Crippen LogP contribution in [-0.2, 0) is 12.4 Å². The molecule has 0 aromatic heterocycles. The summed E-state index contributed by atoms with van der Waals surface area (Å²) in [7, 11) is 0. The number of likely N-dealkylation sites (tertiary alicyclic amines) is 1. The molecule has 4 aromatic rings. The van der Waals surface area contributed by atoms with Gasteiger partial charge in [-0.3, -0.25) is 4.90 Å². The number of nitrogens with zero attached hydrogens (tertiary/aromatic N) is 3. The summed E-state index contributed by atoms with van der Waals surface area (Å²) < 4.78 is 86.7.